The fraction of sp³-hybridized carbons (Fsp3) is 0.158. The summed E-state index contributed by atoms with van der Waals surface area (Å²) in [5, 5.41) is 26.9. The molecular weight excluding hydrogens is 398 g/mol. The molecular formula is C19H17N3O6S. The lowest BCUT2D eigenvalue weighted by atomic mass is 10.2. The molecule has 0 aliphatic carbocycles. The van der Waals surface area contributed by atoms with Gasteiger partial charge in [0.25, 0.3) is 5.03 Å². The summed E-state index contributed by atoms with van der Waals surface area (Å²) >= 11 is 1.00. The van der Waals surface area contributed by atoms with E-state index in [-0.39, 0.29) is 16.5 Å². The average molecular weight is 415 g/mol. The molecule has 29 heavy (non-hydrogen) atoms. The van der Waals surface area contributed by atoms with E-state index in [1.165, 1.54) is 28.9 Å². The summed E-state index contributed by atoms with van der Waals surface area (Å²) in [4.78, 5) is 23.4. The van der Waals surface area contributed by atoms with Crippen LogP contribution in [-0.4, -0.2) is 34.6 Å². The minimum absolute atomic E-state index is 0.117. The van der Waals surface area contributed by atoms with Gasteiger partial charge in [-0.2, -0.15) is 0 Å². The van der Waals surface area contributed by atoms with Gasteiger partial charge in [-0.1, -0.05) is 0 Å². The Morgan fingerprint density at radius 2 is 1.86 bits per heavy atom. The van der Waals surface area contributed by atoms with E-state index >= 15 is 0 Å². The Morgan fingerprint density at radius 1 is 1.21 bits per heavy atom. The largest absolute Gasteiger partial charge is 0.538 e. The Labute approximate surface area is 169 Å². The number of nitrogens with one attached hydrogen (secondary N) is 1. The Hall–Kier alpha value is -3.53. The van der Waals surface area contributed by atoms with Crippen LogP contribution in [0.2, 0.25) is 0 Å². The van der Waals surface area contributed by atoms with E-state index < -0.39 is 17.2 Å². The van der Waals surface area contributed by atoms with Gasteiger partial charge in [-0.25, -0.2) is 4.79 Å². The number of rotatable bonds is 7. The average Bonchev–Trinajstić information content (AvgIpc) is 3.08. The van der Waals surface area contributed by atoms with Crippen LogP contribution in [0.5, 0.6) is 11.7 Å². The molecule has 9 nitrogen and oxygen atoms in total. The standard InChI is InChI=1S/C19H17N3O6S/c1-11(16(23)20-13-5-3-12(4-6-13)18(24)25)29-17-19(26)28-21-22(17)14-7-9-15(27-2)10-8-14/h3-11H,1-2H3,(H2-,20,21,23,24,25,26). The van der Waals surface area contributed by atoms with Gasteiger partial charge in [-0.15, -0.1) is 0 Å². The molecule has 2 N–H and O–H groups in total. The van der Waals surface area contributed by atoms with Gasteiger partial charge < -0.3 is 24.8 Å². The highest BCUT2D eigenvalue weighted by molar-refractivity contribution is 8.00. The van der Waals surface area contributed by atoms with Gasteiger partial charge in [-0.05, 0) is 59.8 Å². The van der Waals surface area contributed by atoms with Crippen molar-refractivity contribution in [2.45, 2.75) is 17.2 Å². The minimum atomic E-state index is -1.05. The van der Waals surface area contributed by atoms with E-state index in [2.05, 4.69) is 10.6 Å². The molecule has 3 rings (SSSR count). The zero-order valence-corrected chi connectivity index (χ0v) is 16.3. The maximum Gasteiger partial charge on any atom is 0.335 e. The van der Waals surface area contributed by atoms with Crippen LogP contribution in [0.15, 0.2) is 58.1 Å². The van der Waals surface area contributed by atoms with Gasteiger partial charge in [0.05, 0.1) is 23.2 Å². The summed E-state index contributed by atoms with van der Waals surface area (Å²) < 4.78 is 11.2. The molecule has 0 aliphatic rings. The first-order chi connectivity index (χ1) is 13.9. The second kappa shape index (κ2) is 8.65. The lowest BCUT2D eigenvalue weighted by Gasteiger charge is -2.10. The number of anilines is 1. The lowest BCUT2D eigenvalue weighted by Crippen LogP contribution is -2.36. The van der Waals surface area contributed by atoms with E-state index in [0.29, 0.717) is 17.1 Å². The van der Waals surface area contributed by atoms with Gasteiger partial charge in [0.1, 0.15) is 5.75 Å². The summed E-state index contributed by atoms with van der Waals surface area (Å²) in [7, 11) is 1.55. The predicted octanol–water partition coefficient (Wildman–Crippen LogP) is 1.85. The highest BCUT2D eigenvalue weighted by Gasteiger charge is 2.26. The molecule has 2 aromatic carbocycles. The van der Waals surface area contributed by atoms with Crippen LogP contribution in [0.1, 0.15) is 17.3 Å². The van der Waals surface area contributed by atoms with Crippen molar-refractivity contribution in [3.63, 3.8) is 0 Å². The number of carbonyl (C=O) groups excluding carboxylic acids is 1. The maximum atomic E-state index is 12.5. The third-order valence-corrected chi connectivity index (χ3v) is 5.08. The smallest absolute Gasteiger partial charge is 0.335 e. The maximum absolute atomic E-state index is 12.5. The van der Waals surface area contributed by atoms with Gasteiger partial charge >= 0.3 is 5.97 Å². The molecule has 0 saturated heterocycles. The van der Waals surface area contributed by atoms with Gasteiger partial charge in [0, 0.05) is 17.8 Å². The van der Waals surface area contributed by atoms with Crippen molar-refractivity contribution in [2.75, 3.05) is 12.4 Å². The van der Waals surface area contributed by atoms with Crippen LogP contribution in [0.3, 0.4) is 0 Å². The number of thioether (sulfide) groups is 1. The molecule has 150 valence electrons. The molecule has 0 spiro atoms. The van der Waals surface area contributed by atoms with Crippen LogP contribution in [0, 0.1) is 0 Å². The van der Waals surface area contributed by atoms with Gasteiger partial charge in [0.15, 0.2) is 5.95 Å². The van der Waals surface area contributed by atoms with E-state index in [9.17, 15) is 14.7 Å². The lowest BCUT2D eigenvalue weighted by molar-refractivity contribution is -0.705. The molecule has 1 atom stereocenters. The quantitative estimate of drug-likeness (QED) is 0.442. The first kappa shape index (κ1) is 20.2. The number of benzene rings is 2. The van der Waals surface area contributed by atoms with Crippen molar-refractivity contribution >= 4 is 29.3 Å². The number of methoxy groups -OCH3 is 1. The van der Waals surface area contributed by atoms with Crippen molar-refractivity contribution in [1.82, 2.24) is 5.27 Å². The number of aromatic nitrogens is 2. The van der Waals surface area contributed by atoms with E-state index in [1.54, 1.807) is 38.3 Å². The number of carboxylic acid groups (broad SMARTS) is 1. The Morgan fingerprint density at radius 3 is 2.45 bits per heavy atom. The molecule has 0 saturated carbocycles. The molecule has 0 bridgehead atoms. The SMILES string of the molecule is COc1ccc(-[n+]2noc([O-])c2SC(C)C(=O)Nc2ccc(C(=O)O)cc2)cc1. The van der Waals surface area contributed by atoms with E-state index in [1.807, 2.05) is 0 Å². The zero-order chi connectivity index (χ0) is 21.0. The molecule has 1 unspecified atom stereocenters. The van der Waals surface area contributed by atoms with Crippen LogP contribution >= 0.6 is 11.8 Å². The highest BCUT2D eigenvalue weighted by atomic mass is 32.2. The Kier molecular flexibility index (Phi) is 6.03. The predicted molar refractivity (Wildman–Crippen MR) is 101 cm³/mol. The fourth-order valence-electron chi connectivity index (χ4n) is 2.39. The fourth-order valence-corrected chi connectivity index (χ4v) is 3.26. The zero-order valence-electron chi connectivity index (χ0n) is 15.5. The number of ether oxygens (including phenoxy) is 1. The van der Waals surface area contributed by atoms with E-state index in [0.717, 1.165) is 11.8 Å². The second-order valence-electron chi connectivity index (χ2n) is 5.91. The summed E-state index contributed by atoms with van der Waals surface area (Å²) in [6, 6.07) is 12.6. The number of hydrogen-bond acceptors (Lipinski definition) is 7. The second-order valence-corrected chi connectivity index (χ2v) is 7.24. The Balaban J connectivity index is 1.72. The minimum Gasteiger partial charge on any atom is -0.538 e. The number of nitrogens with zero attached hydrogens (tertiary/aromatic N) is 2. The first-order valence-electron chi connectivity index (χ1n) is 8.43. The normalized spacial score (nSPS) is 11.7. The number of carboxylic acids is 1. The molecule has 1 aromatic heterocycles. The molecule has 0 radical (unpaired) electrons. The first-order valence-corrected chi connectivity index (χ1v) is 9.31. The molecule has 0 fully saturated rings. The van der Waals surface area contributed by atoms with Crippen molar-refractivity contribution < 1.29 is 33.7 Å². The number of amides is 1. The summed E-state index contributed by atoms with van der Waals surface area (Å²) in [6.07, 6.45) is 0. The molecule has 1 heterocycles. The molecule has 3 aromatic rings. The molecule has 1 amide bonds. The third-order valence-electron chi connectivity index (χ3n) is 3.95. The number of hydrogen-bond donors (Lipinski definition) is 2. The van der Waals surface area contributed by atoms with Crippen molar-refractivity contribution in [3.8, 4) is 17.4 Å². The van der Waals surface area contributed by atoms with Crippen LogP contribution in [0.25, 0.3) is 5.69 Å². The van der Waals surface area contributed by atoms with Crippen LogP contribution < -0.4 is 19.8 Å². The van der Waals surface area contributed by atoms with Crippen LogP contribution in [-0.2, 0) is 4.79 Å². The van der Waals surface area contributed by atoms with Crippen molar-refractivity contribution in [1.29, 1.82) is 0 Å². The monoisotopic (exact) mass is 415 g/mol. The van der Waals surface area contributed by atoms with E-state index in [4.69, 9.17) is 14.4 Å². The molecule has 10 heteroatoms. The topological polar surface area (TPSA) is 129 Å². The third kappa shape index (κ3) is 4.66. The van der Waals surface area contributed by atoms with Crippen LogP contribution in [0.4, 0.5) is 5.69 Å². The van der Waals surface area contributed by atoms with Gasteiger partial charge in [0.2, 0.25) is 11.6 Å². The number of aromatic carboxylic acids is 1. The van der Waals surface area contributed by atoms with Gasteiger partial charge in [-0.3, -0.25) is 4.79 Å². The van der Waals surface area contributed by atoms with Crippen molar-refractivity contribution in [2.24, 2.45) is 0 Å². The summed E-state index contributed by atoms with van der Waals surface area (Å²) in [5.41, 5.74) is 1.14. The van der Waals surface area contributed by atoms with Crippen molar-refractivity contribution in [3.05, 3.63) is 54.1 Å². The summed E-state index contributed by atoms with van der Waals surface area (Å²) in [6.45, 7) is 1.64. The Bertz CT molecular complexity index is 1020. The highest BCUT2D eigenvalue weighted by Crippen LogP contribution is 2.28. The number of carbonyl (C=O) groups is 2. The molecule has 0 aliphatic heterocycles. The summed E-state index contributed by atoms with van der Waals surface area (Å²) in [5.74, 6) is -1.42.